The van der Waals surface area contributed by atoms with Crippen molar-refractivity contribution in [2.75, 3.05) is 16.8 Å². The quantitative estimate of drug-likeness (QED) is 0.596. The molecule has 88 valence electrons. The fourth-order valence-corrected chi connectivity index (χ4v) is 1.65. The Kier molecular flexibility index (Phi) is 2.78. The summed E-state index contributed by atoms with van der Waals surface area (Å²) in [4.78, 5) is 0. The number of phenols is 1. The third kappa shape index (κ3) is 2.60. The molecule has 0 fully saturated rings. The number of phenolic OH excluding ortho intramolecular Hbond substituents is 1. The van der Waals surface area contributed by atoms with Crippen molar-refractivity contribution in [1.82, 2.24) is 0 Å². The minimum Gasteiger partial charge on any atom is -0.508 e. The van der Waals surface area contributed by atoms with Gasteiger partial charge in [-0.1, -0.05) is 0 Å². The molecule has 0 spiro atoms. The Bertz CT molecular complexity index is 532. The molecule has 2 aromatic carbocycles. The summed E-state index contributed by atoms with van der Waals surface area (Å²) in [7, 11) is 0. The first-order valence-electron chi connectivity index (χ1n) is 5.27. The second-order valence-corrected chi connectivity index (χ2v) is 4.03. The second-order valence-electron chi connectivity index (χ2n) is 4.03. The summed E-state index contributed by atoms with van der Waals surface area (Å²) < 4.78 is 0. The number of benzene rings is 2. The first kappa shape index (κ1) is 11.1. The zero-order valence-electron chi connectivity index (χ0n) is 9.57. The largest absolute Gasteiger partial charge is 0.508 e. The van der Waals surface area contributed by atoms with Crippen LogP contribution in [0.4, 0.5) is 22.7 Å². The highest BCUT2D eigenvalue weighted by Crippen LogP contribution is 2.25. The Morgan fingerprint density at radius 3 is 2.35 bits per heavy atom. The number of aromatic hydroxyl groups is 1. The van der Waals surface area contributed by atoms with Crippen molar-refractivity contribution < 1.29 is 5.11 Å². The summed E-state index contributed by atoms with van der Waals surface area (Å²) in [6, 6.07) is 10.6. The highest BCUT2D eigenvalue weighted by Gasteiger charge is 2.00. The van der Waals surface area contributed by atoms with Gasteiger partial charge in [-0.05, 0) is 42.8 Å². The fourth-order valence-electron chi connectivity index (χ4n) is 1.65. The Morgan fingerprint density at radius 1 is 0.941 bits per heavy atom. The van der Waals surface area contributed by atoms with Crippen LogP contribution in [0.25, 0.3) is 0 Å². The second kappa shape index (κ2) is 4.25. The lowest BCUT2D eigenvalue weighted by Gasteiger charge is -2.09. The van der Waals surface area contributed by atoms with E-state index in [2.05, 4.69) is 5.32 Å². The molecule has 0 saturated carbocycles. The van der Waals surface area contributed by atoms with Gasteiger partial charge in [-0.3, -0.25) is 0 Å². The number of aryl methyl sites for hydroxylation is 1. The van der Waals surface area contributed by atoms with Crippen molar-refractivity contribution in [3.8, 4) is 5.75 Å². The molecule has 17 heavy (non-hydrogen) atoms. The van der Waals surface area contributed by atoms with Gasteiger partial charge in [0.1, 0.15) is 5.75 Å². The highest BCUT2D eigenvalue weighted by atomic mass is 16.3. The van der Waals surface area contributed by atoms with E-state index in [0.29, 0.717) is 11.4 Å². The Hall–Kier alpha value is -2.36. The van der Waals surface area contributed by atoms with Crippen LogP contribution in [-0.2, 0) is 0 Å². The molecular weight excluding hydrogens is 214 g/mol. The summed E-state index contributed by atoms with van der Waals surface area (Å²) in [6.45, 7) is 1.92. The van der Waals surface area contributed by atoms with Crippen LogP contribution >= 0.6 is 0 Å². The van der Waals surface area contributed by atoms with Crippen molar-refractivity contribution in [1.29, 1.82) is 0 Å². The van der Waals surface area contributed by atoms with E-state index in [4.69, 9.17) is 11.5 Å². The van der Waals surface area contributed by atoms with Crippen molar-refractivity contribution in [3.05, 3.63) is 42.0 Å². The molecule has 4 heteroatoms. The predicted molar refractivity (Wildman–Crippen MR) is 71.4 cm³/mol. The third-order valence-corrected chi connectivity index (χ3v) is 2.44. The Balaban J connectivity index is 2.28. The van der Waals surface area contributed by atoms with Crippen molar-refractivity contribution in [2.45, 2.75) is 6.92 Å². The smallest absolute Gasteiger partial charge is 0.117 e. The first-order valence-corrected chi connectivity index (χ1v) is 5.27. The molecule has 0 aliphatic heterocycles. The van der Waals surface area contributed by atoms with E-state index in [1.54, 1.807) is 24.3 Å². The molecule has 4 nitrogen and oxygen atoms in total. The van der Waals surface area contributed by atoms with Crippen LogP contribution in [0.15, 0.2) is 36.4 Å². The molecule has 0 atom stereocenters. The van der Waals surface area contributed by atoms with Crippen LogP contribution < -0.4 is 16.8 Å². The van der Waals surface area contributed by atoms with Gasteiger partial charge in [0.05, 0.1) is 11.4 Å². The lowest BCUT2D eigenvalue weighted by molar-refractivity contribution is 0.475. The molecule has 2 rings (SSSR count). The van der Waals surface area contributed by atoms with Gasteiger partial charge in [-0.15, -0.1) is 0 Å². The van der Waals surface area contributed by atoms with Gasteiger partial charge < -0.3 is 21.9 Å². The summed E-state index contributed by atoms with van der Waals surface area (Å²) in [5.74, 6) is 0.232. The van der Waals surface area contributed by atoms with Crippen LogP contribution in [0.3, 0.4) is 0 Å². The van der Waals surface area contributed by atoms with Crippen molar-refractivity contribution in [2.24, 2.45) is 0 Å². The minimum absolute atomic E-state index is 0.232. The molecule has 0 aliphatic rings. The van der Waals surface area contributed by atoms with Gasteiger partial charge >= 0.3 is 0 Å². The fraction of sp³-hybridized carbons (Fsp3) is 0.0769. The summed E-state index contributed by atoms with van der Waals surface area (Å²) >= 11 is 0. The third-order valence-electron chi connectivity index (χ3n) is 2.44. The normalized spacial score (nSPS) is 10.2. The first-order chi connectivity index (χ1) is 8.04. The summed E-state index contributed by atoms with van der Waals surface area (Å²) in [6.07, 6.45) is 0. The van der Waals surface area contributed by atoms with Crippen LogP contribution in [-0.4, -0.2) is 5.11 Å². The van der Waals surface area contributed by atoms with Crippen LogP contribution in [0, 0.1) is 6.92 Å². The topological polar surface area (TPSA) is 84.3 Å². The maximum absolute atomic E-state index is 9.49. The predicted octanol–water partition coefficient (Wildman–Crippen LogP) is 2.61. The van der Waals surface area contributed by atoms with Gasteiger partial charge in [0, 0.05) is 17.4 Å². The van der Waals surface area contributed by atoms with Gasteiger partial charge in [0.2, 0.25) is 0 Å². The number of nitrogens with one attached hydrogen (secondary N) is 1. The molecule has 0 aliphatic carbocycles. The maximum Gasteiger partial charge on any atom is 0.117 e. The summed E-state index contributed by atoms with van der Waals surface area (Å²) in [5.41, 5.74) is 15.1. The molecule has 2 aromatic rings. The van der Waals surface area contributed by atoms with Gasteiger partial charge in [-0.2, -0.15) is 0 Å². The Labute approximate surface area is 99.9 Å². The highest BCUT2D eigenvalue weighted by molar-refractivity contribution is 5.72. The number of nitrogens with two attached hydrogens (primary N) is 2. The SMILES string of the molecule is Cc1cc(O)cc(Nc2ccc(N)c(N)c2)c1. The van der Waals surface area contributed by atoms with E-state index in [1.807, 2.05) is 19.1 Å². The van der Waals surface area contributed by atoms with E-state index in [1.165, 1.54) is 0 Å². The zero-order chi connectivity index (χ0) is 12.4. The molecule has 0 saturated heterocycles. The molecule has 0 aromatic heterocycles. The molecule has 0 unspecified atom stereocenters. The van der Waals surface area contributed by atoms with Gasteiger partial charge in [0.15, 0.2) is 0 Å². The molecule has 0 radical (unpaired) electrons. The molecule has 0 heterocycles. The number of hydrogen-bond acceptors (Lipinski definition) is 4. The number of anilines is 4. The molecule has 0 amide bonds. The molecule has 6 N–H and O–H groups in total. The standard InChI is InChI=1S/C13H15N3O/c1-8-4-10(6-11(17)5-8)16-9-2-3-12(14)13(15)7-9/h2-7,16-17H,14-15H2,1H3. The van der Waals surface area contributed by atoms with Crippen molar-refractivity contribution >= 4 is 22.7 Å². The van der Waals surface area contributed by atoms with Crippen LogP contribution in [0.2, 0.25) is 0 Å². The van der Waals surface area contributed by atoms with E-state index in [-0.39, 0.29) is 5.75 Å². The number of rotatable bonds is 2. The average molecular weight is 229 g/mol. The lowest BCUT2D eigenvalue weighted by Crippen LogP contribution is -1.97. The minimum atomic E-state index is 0.232. The zero-order valence-corrected chi connectivity index (χ0v) is 9.57. The molecular formula is C13H15N3O. The molecule has 0 bridgehead atoms. The van der Waals surface area contributed by atoms with E-state index in [0.717, 1.165) is 16.9 Å². The number of nitrogen functional groups attached to an aromatic ring is 2. The summed E-state index contributed by atoms with van der Waals surface area (Å²) in [5, 5.41) is 12.6. The average Bonchev–Trinajstić information content (AvgIpc) is 2.22. The number of hydrogen-bond donors (Lipinski definition) is 4. The lowest BCUT2D eigenvalue weighted by atomic mass is 10.2. The van der Waals surface area contributed by atoms with Crippen molar-refractivity contribution in [3.63, 3.8) is 0 Å². The van der Waals surface area contributed by atoms with Gasteiger partial charge in [0.25, 0.3) is 0 Å². The van der Waals surface area contributed by atoms with Gasteiger partial charge in [-0.25, -0.2) is 0 Å². The van der Waals surface area contributed by atoms with E-state index in [9.17, 15) is 5.11 Å². The Morgan fingerprint density at radius 2 is 1.71 bits per heavy atom. The van der Waals surface area contributed by atoms with E-state index < -0.39 is 0 Å². The van der Waals surface area contributed by atoms with E-state index >= 15 is 0 Å². The van der Waals surface area contributed by atoms with Crippen LogP contribution in [0.1, 0.15) is 5.56 Å². The maximum atomic E-state index is 9.49. The monoisotopic (exact) mass is 229 g/mol. The van der Waals surface area contributed by atoms with Crippen LogP contribution in [0.5, 0.6) is 5.75 Å².